The predicted molar refractivity (Wildman–Crippen MR) is 106 cm³/mol. The maximum absolute atomic E-state index is 11.1. The zero-order valence-corrected chi connectivity index (χ0v) is 15.0. The highest BCUT2D eigenvalue weighted by Gasteiger charge is 2.11. The van der Waals surface area contributed by atoms with Crippen LogP contribution in [-0.2, 0) is 0 Å². The average molecular weight is 394 g/mol. The zero-order valence-electron chi connectivity index (χ0n) is 14.2. The van der Waals surface area contributed by atoms with Gasteiger partial charge in [0.1, 0.15) is 0 Å². The summed E-state index contributed by atoms with van der Waals surface area (Å²) in [6, 6.07) is 16.9. The molecule has 0 aliphatic rings. The summed E-state index contributed by atoms with van der Waals surface area (Å²) in [5, 5.41) is 28.4. The molecule has 4 rings (SSSR count). The minimum absolute atomic E-state index is 0.0275. The van der Waals surface area contributed by atoms with Gasteiger partial charge in [0.05, 0.1) is 16.7 Å². The number of aromatic nitrogens is 4. The summed E-state index contributed by atoms with van der Waals surface area (Å²) in [5.41, 5.74) is 4.50. The number of anilines is 1. The van der Waals surface area contributed by atoms with Gasteiger partial charge in [-0.25, -0.2) is 0 Å². The van der Waals surface area contributed by atoms with Crippen molar-refractivity contribution in [3.05, 3.63) is 81.4 Å². The lowest BCUT2D eigenvalue weighted by atomic mass is 10.2. The molecule has 138 valence electrons. The van der Waals surface area contributed by atoms with E-state index in [1.165, 1.54) is 12.3 Å². The Kier molecular flexibility index (Phi) is 4.65. The lowest BCUT2D eigenvalue weighted by Crippen LogP contribution is -2.01. The highest BCUT2D eigenvalue weighted by Crippen LogP contribution is 2.21. The van der Waals surface area contributed by atoms with Crippen LogP contribution in [0.15, 0.2) is 65.8 Å². The molecule has 10 heteroatoms. The van der Waals surface area contributed by atoms with Crippen molar-refractivity contribution >= 4 is 35.0 Å². The Balaban J connectivity index is 1.61. The molecular formula is C18H12ClN7O2. The summed E-state index contributed by atoms with van der Waals surface area (Å²) in [7, 11) is 0. The van der Waals surface area contributed by atoms with Crippen LogP contribution in [-0.4, -0.2) is 30.9 Å². The number of nitro benzene ring substituents is 1. The van der Waals surface area contributed by atoms with Crippen molar-refractivity contribution in [2.24, 2.45) is 5.10 Å². The normalized spacial score (nSPS) is 11.2. The molecule has 0 aliphatic carbocycles. The van der Waals surface area contributed by atoms with E-state index in [4.69, 9.17) is 11.6 Å². The number of hydrazone groups is 1. The monoisotopic (exact) mass is 393 g/mol. The van der Waals surface area contributed by atoms with Crippen LogP contribution < -0.4 is 5.43 Å². The summed E-state index contributed by atoms with van der Waals surface area (Å²) in [4.78, 5) is 10.6. The molecule has 2 aromatic carbocycles. The molecule has 0 saturated carbocycles. The number of benzene rings is 2. The number of hydrogen-bond acceptors (Lipinski definition) is 7. The topological polar surface area (TPSA) is 111 Å². The first-order chi connectivity index (χ1) is 13.6. The Labute approximate surface area is 163 Å². The van der Waals surface area contributed by atoms with Crippen LogP contribution in [0.5, 0.6) is 0 Å². The van der Waals surface area contributed by atoms with Gasteiger partial charge in [-0.2, -0.15) is 9.62 Å². The molecule has 9 nitrogen and oxygen atoms in total. The molecular weight excluding hydrogens is 382 g/mol. The average Bonchev–Trinajstić information content (AvgIpc) is 3.12. The number of nitrogens with one attached hydrogen (secondary N) is 1. The number of rotatable bonds is 5. The van der Waals surface area contributed by atoms with E-state index in [0.29, 0.717) is 27.9 Å². The lowest BCUT2D eigenvalue weighted by Gasteiger charge is -2.03. The van der Waals surface area contributed by atoms with Crippen LogP contribution in [0.2, 0.25) is 5.02 Å². The molecule has 0 bridgehead atoms. The van der Waals surface area contributed by atoms with E-state index < -0.39 is 4.92 Å². The van der Waals surface area contributed by atoms with Crippen molar-refractivity contribution in [3.8, 4) is 11.4 Å². The van der Waals surface area contributed by atoms with Crippen LogP contribution in [0.3, 0.4) is 0 Å². The number of hydrogen-bond donors (Lipinski definition) is 1. The van der Waals surface area contributed by atoms with E-state index in [1.54, 1.807) is 47.0 Å². The van der Waals surface area contributed by atoms with Crippen LogP contribution in [0, 0.1) is 10.1 Å². The Morgan fingerprint density at radius 2 is 1.86 bits per heavy atom. The Bertz CT molecular complexity index is 1190. The van der Waals surface area contributed by atoms with Crippen molar-refractivity contribution in [1.29, 1.82) is 0 Å². The van der Waals surface area contributed by atoms with E-state index in [0.717, 1.165) is 5.56 Å². The number of nitrogens with zero attached hydrogens (tertiary/aromatic N) is 6. The van der Waals surface area contributed by atoms with Crippen molar-refractivity contribution in [2.75, 3.05) is 5.43 Å². The third-order valence-electron chi connectivity index (χ3n) is 3.88. The van der Waals surface area contributed by atoms with Crippen molar-refractivity contribution in [3.63, 3.8) is 0 Å². The van der Waals surface area contributed by atoms with E-state index in [-0.39, 0.29) is 5.69 Å². The highest BCUT2D eigenvalue weighted by molar-refractivity contribution is 6.30. The fourth-order valence-electron chi connectivity index (χ4n) is 2.56. The number of halogens is 1. The van der Waals surface area contributed by atoms with E-state index in [1.807, 2.05) is 12.1 Å². The zero-order chi connectivity index (χ0) is 19.5. The SMILES string of the molecule is O=[N+]([O-])c1ccccc1C=NNc1ccc2nnc(-c3ccc(Cl)cc3)n2n1. The third-order valence-corrected chi connectivity index (χ3v) is 4.13. The molecule has 1 N–H and O–H groups in total. The minimum atomic E-state index is -0.457. The van der Waals surface area contributed by atoms with Gasteiger partial charge in [-0.15, -0.1) is 15.3 Å². The third kappa shape index (κ3) is 3.51. The summed E-state index contributed by atoms with van der Waals surface area (Å²) < 4.78 is 1.58. The van der Waals surface area contributed by atoms with Crippen molar-refractivity contribution in [1.82, 2.24) is 19.8 Å². The summed E-state index contributed by atoms with van der Waals surface area (Å²) in [6.07, 6.45) is 1.37. The molecule has 0 fully saturated rings. The smallest absolute Gasteiger partial charge is 0.260 e. The largest absolute Gasteiger partial charge is 0.278 e. The fraction of sp³-hybridized carbons (Fsp3) is 0. The molecule has 2 aromatic heterocycles. The number of nitro groups is 1. The second-order valence-electron chi connectivity index (χ2n) is 5.71. The van der Waals surface area contributed by atoms with Gasteiger partial charge in [0.15, 0.2) is 17.3 Å². The van der Waals surface area contributed by atoms with Crippen LogP contribution in [0.1, 0.15) is 5.56 Å². The van der Waals surface area contributed by atoms with E-state index in [2.05, 4.69) is 25.8 Å². The maximum atomic E-state index is 11.1. The second-order valence-corrected chi connectivity index (χ2v) is 6.14. The summed E-state index contributed by atoms with van der Waals surface area (Å²) in [5.74, 6) is 0.982. The predicted octanol–water partition coefficient (Wildman–Crippen LogP) is 3.80. The molecule has 4 aromatic rings. The standard InChI is InChI=1S/C18H12ClN7O2/c19-14-7-5-12(6-8-14)18-23-22-17-10-9-16(24-25(17)18)21-20-11-13-3-1-2-4-15(13)26(27)28/h1-11H,(H,21,24). The van der Waals surface area contributed by atoms with Gasteiger partial charge in [-0.3, -0.25) is 15.5 Å². The molecule has 0 spiro atoms. The molecule has 0 amide bonds. The van der Waals surface area contributed by atoms with E-state index in [9.17, 15) is 10.1 Å². The van der Waals surface area contributed by atoms with Gasteiger partial charge >= 0.3 is 0 Å². The molecule has 2 heterocycles. The molecule has 0 aliphatic heterocycles. The lowest BCUT2D eigenvalue weighted by molar-refractivity contribution is -0.385. The Morgan fingerprint density at radius 1 is 1.07 bits per heavy atom. The summed E-state index contributed by atoms with van der Waals surface area (Å²) >= 11 is 5.93. The first-order valence-electron chi connectivity index (χ1n) is 8.13. The first-order valence-corrected chi connectivity index (χ1v) is 8.50. The van der Waals surface area contributed by atoms with Gasteiger partial charge in [0, 0.05) is 16.7 Å². The maximum Gasteiger partial charge on any atom is 0.278 e. The fourth-order valence-corrected chi connectivity index (χ4v) is 2.68. The Hall–Kier alpha value is -3.85. The quantitative estimate of drug-likeness (QED) is 0.313. The first kappa shape index (κ1) is 17.6. The van der Waals surface area contributed by atoms with Gasteiger partial charge < -0.3 is 0 Å². The van der Waals surface area contributed by atoms with Crippen LogP contribution >= 0.6 is 11.6 Å². The second kappa shape index (κ2) is 7.41. The molecule has 0 saturated heterocycles. The van der Waals surface area contributed by atoms with Gasteiger partial charge in [0.2, 0.25) is 0 Å². The molecule has 0 atom stereocenters. The molecule has 28 heavy (non-hydrogen) atoms. The molecule has 0 unspecified atom stereocenters. The van der Waals surface area contributed by atoms with Gasteiger partial charge in [0.25, 0.3) is 5.69 Å². The van der Waals surface area contributed by atoms with Crippen molar-refractivity contribution < 1.29 is 4.92 Å². The Morgan fingerprint density at radius 3 is 2.64 bits per heavy atom. The van der Waals surface area contributed by atoms with E-state index >= 15 is 0 Å². The minimum Gasteiger partial charge on any atom is -0.260 e. The van der Waals surface area contributed by atoms with Crippen LogP contribution in [0.25, 0.3) is 17.0 Å². The molecule has 0 radical (unpaired) electrons. The van der Waals surface area contributed by atoms with Gasteiger partial charge in [-0.1, -0.05) is 23.7 Å². The highest BCUT2D eigenvalue weighted by atomic mass is 35.5. The number of para-hydroxylation sites is 1. The summed E-state index contributed by atoms with van der Waals surface area (Å²) in [6.45, 7) is 0. The van der Waals surface area contributed by atoms with Gasteiger partial charge in [-0.05, 0) is 42.5 Å². The van der Waals surface area contributed by atoms with Crippen molar-refractivity contribution in [2.45, 2.75) is 0 Å². The van der Waals surface area contributed by atoms with Crippen LogP contribution in [0.4, 0.5) is 11.5 Å². The number of fused-ring (bicyclic) bond motifs is 1.